The van der Waals surface area contributed by atoms with E-state index in [9.17, 15) is 9.50 Å². The number of aliphatic hydroxyl groups excluding tert-OH is 1. The van der Waals surface area contributed by atoms with Gasteiger partial charge in [-0.3, -0.25) is 0 Å². The summed E-state index contributed by atoms with van der Waals surface area (Å²) >= 11 is 1.68. The average Bonchev–Trinajstić information content (AvgIpc) is 2.46. The highest BCUT2D eigenvalue weighted by Gasteiger charge is 2.28. The zero-order valence-electron chi connectivity index (χ0n) is 11.0. The molecular formula is C16H15FO2S. The lowest BCUT2D eigenvalue weighted by atomic mass is 9.95. The summed E-state index contributed by atoms with van der Waals surface area (Å²) in [5.41, 5.74) is 1.65. The summed E-state index contributed by atoms with van der Waals surface area (Å²) in [6.45, 7) is 0. The Balaban J connectivity index is 1.89. The molecule has 0 amide bonds. The first-order chi connectivity index (χ1) is 9.67. The lowest BCUT2D eigenvalue weighted by Crippen LogP contribution is -2.19. The van der Waals surface area contributed by atoms with Crippen LogP contribution in [-0.2, 0) is 0 Å². The molecule has 4 heteroatoms. The number of hydrogen-bond acceptors (Lipinski definition) is 3. The van der Waals surface area contributed by atoms with E-state index in [1.807, 2.05) is 30.5 Å². The van der Waals surface area contributed by atoms with Gasteiger partial charge < -0.3 is 9.84 Å². The highest BCUT2D eigenvalue weighted by molar-refractivity contribution is 7.98. The molecule has 2 aromatic carbocycles. The molecule has 2 nitrogen and oxygen atoms in total. The van der Waals surface area contributed by atoms with Gasteiger partial charge in [0.25, 0.3) is 0 Å². The van der Waals surface area contributed by atoms with Crippen LogP contribution in [0.2, 0.25) is 0 Å². The van der Waals surface area contributed by atoms with Crippen molar-refractivity contribution in [3.05, 3.63) is 59.4 Å². The topological polar surface area (TPSA) is 29.5 Å². The van der Waals surface area contributed by atoms with Crippen molar-refractivity contribution in [1.82, 2.24) is 0 Å². The standard InChI is InChI=1S/C16H15FO2S/c1-20-12-5-2-10(3-6-12)15-9-14(18)13-7-4-11(17)8-16(13)19-15/h2-8,14-15,18H,9H2,1H3. The molecule has 1 aliphatic heterocycles. The molecule has 0 radical (unpaired) electrons. The van der Waals surface area contributed by atoms with E-state index >= 15 is 0 Å². The summed E-state index contributed by atoms with van der Waals surface area (Å²) in [6.07, 6.45) is 1.64. The van der Waals surface area contributed by atoms with Crippen LogP contribution in [0.4, 0.5) is 4.39 Å². The van der Waals surface area contributed by atoms with Crippen LogP contribution < -0.4 is 4.74 Å². The lowest BCUT2D eigenvalue weighted by molar-refractivity contribution is 0.0653. The first kappa shape index (κ1) is 13.5. The molecule has 1 N–H and O–H groups in total. The van der Waals surface area contributed by atoms with Crippen LogP contribution in [0.1, 0.15) is 29.8 Å². The molecule has 2 aromatic rings. The molecular weight excluding hydrogens is 275 g/mol. The molecule has 0 spiro atoms. The number of fused-ring (bicyclic) bond motifs is 1. The molecule has 0 saturated heterocycles. The van der Waals surface area contributed by atoms with Gasteiger partial charge in [-0.05, 0) is 36.1 Å². The monoisotopic (exact) mass is 290 g/mol. The van der Waals surface area contributed by atoms with E-state index in [-0.39, 0.29) is 11.9 Å². The fourth-order valence-corrected chi connectivity index (χ4v) is 2.85. The number of ether oxygens (including phenoxy) is 1. The fraction of sp³-hybridized carbons (Fsp3) is 0.250. The van der Waals surface area contributed by atoms with Gasteiger partial charge in [0.15, 0.2) is 0 Å². The van der Waals surface area contributed by atoms with E-state index in [1.165, 1.54) is 17.0 Å². The van der Waals surface area contributed by atoms with Gasteiger partial charge in [-0.2, -0.15) is 0 Å². The quantitative estimate of drug-likeness (QED) is 0.844. The second-order valence-electron chi connectivity index (χ2n) is 4.81. The summed E-state index contributed by atoms with van der Waals surface area (Å²) in [7, 11) is 0. The van der Waals surface area contributed by atoms with Crippen LogP contribution in [0.15, 0.2) is 47.4 Å². The Labute approximate surface area is 121 Å². The average molecular weight is 290 g/mol. The lowest BCUT2D eigenvalue weighted by Gasteiger charge is -2.30. The predicted octanol–water partition coefficient (Wildman–Crippen LogP) is 4.10. The van der Waals surface area contributed by atoms with E-state index in [1.54, 1.807) is 17.8 Å². The number of thioether (sulfide) groups is 1. The van der Waals surface area contributed by atoms with Crippen molar-refractivity contribution in [2.75, 3.05) is 6.26 Å². The highest BCUT2D eigenvalue weighted by Crippen LogP contribution is 2.41. The van der Waals surface area contributed by atoms with Gasteiger partial charge in [0.05, 0.1) is 6.10 Å². The third-order valence-corrected chi connectivity index (χ3v) is 4.27. The molecule has 2 unspecified atom stereocenters. The Morgan fingerprint density at radius 3 is 2.65 bits per heavy atom. The summed E-state index contributed by atoms with van der Waals surface area (Å²) in [4.78, 5) is 1.18. The van der Waals surface area contributed by atoms with E-state index in [0.717, 1.165) is 5.56 Å². The van der Waals surface area contributed by atoms with Crippen LogP contribution in [0.25, 0.3) is 0 Å². The maximum absolute atomic E-state index is 13.3. The molecule has 20 heavy (non-hydrogen) atoms. The van der Waals surface area contributed by atoms with Crippen LogP contribution >= 0.6 is 11.8 Å². The number of rotatable bonds is 2. The van der Waals surface area contributed by atoms with E-state index in [0.29, 0.717) is 17.7 Å². The molecule has 104 valence electrons. The zero-order valence-corrected chi connectivity index (χ0v) is 11.9. The molecule has 0 bridgehead atoms. The molecule has 1 heterocycles. The Kier molecular flexibility index (Phi) is 3.68. The Morgan fingerprint density at radius 2 is 1.95 bits per heavy atom. The maximum Gasteiger partial charge on any atom is 0.128 e. The van der Waals surface area contributed by atoms with Crippen molar-refractivity contribution in [1.29, 1.82) is 0 Å². The molecule has 0 aromatic heterocycles. The van der Waals surface area contributed by atoms with Gasteiger partial charge in [0, 0.05) is 22.9 Å². The molecule has 3 rings (SSSR count). The summed E-state index contributed by atoms with van der Waals surface area (Å²) in [5.74, 6) is 0.0806. The Morgan fingerprint density at radius 1 is 1.20 bits per heavy atom. The van der Waals surface area contributed by atoms with Crippen molar-refractivity contribution in [3.63, 3.8) is 0 Å². The first-order valence-electron chi connectivity index (χ1n) is 6.45. The second-order valence-corrected chi connectivity index (χ2v) is 5.69. The minimum atomic E-state index is -0.621. The number of hydrogen-bond donors (Lipinski definition) is 1. The second kappa shape index (κ2) is 5.46. The van der Waals surface area contributed by atoms with E-state index in [2.05, 4.69) is 0 Å². The summed E-state index contributed by atoms with van der Waals surface area (Å²) < 4.78 is 19.1. The van der Waals surface area contributed by atoms with Gasteiger partial charge in [-0.1, -0.05) is 12.1 Å². The Hall–Kier alpha value is -1.52. The van der Waals surface area contributed by atoms with Crippen LogP contribution in [-0.4, -0.2) is 11.4 Å². The van der Waals surface area contributed by atoms with Gasteiger partial charge in [0.2, 0.25) is 0 Å². The smallest absolute Gasteiger partial charge is 0.128 e. The van der Waals surface area contributed by atoms with E-state index in [4.69, 9.17) is 4.74 Å². The van der Waals surface area contributed by atoms with Gasteiger partial charge in [0.1, 0.15) is 17.7 Å². The largest absolute Gasteiger partial charge is 0.485 e. The van der Waals surface area contributed by atoms with E-state index < -0.39 is 6.10 Å². The van der Waals surface area contributed by atoms with Crippen molar-refractivity contribution >= 4 is 11.8 Å². The summed E-state index contributed by atoms with van der Waals surface area (Å²) in [6, 6.07) is 12.3. The van der Waals surface area contributed by atoms with Gasteiger partial charge in [-0.25, -0.2) is 4.39 Å². The van der Waals surface area contributed by atoms with Gasteiger partial charge in [-0.15, -0.1) is 11.8 Å². The highest BCUT2D eigenvalue weighted by atomic mass is 32.2. The molecule has 1 aliphatic rings. The van der Waals surface area contributed by atoms with Crippen molar-refractivity contribution < 1.29 is 14.2 Å². The van der Waals surface area contributed by atoms with Crippen molar-refractivity contribution in [2.24, 2.45) is 0 Å². The summed E-state index contributed by atoms with van der Waals surface area (Å²) in [5, 5.41) is 10.2. The van der Waals surface area contributed by atoms with Crippen molar-refractivity contribution in [3.8, 4) is 5.75 Å². The minimum Gasteiger partial charge on any atom is -0.485 e. The SMILES string of the molecule is CSc1ccc(C2CC(O)c3ccc(F)cc3O2)cc1. The maximum atomic E-state index is 13.3. The van der Waals surface area contributed by atoms with Crippen LogP contribution in [0, 0.1) is 5.82 Å². The van der Waals surface area contributed by atoms with Crippen LogP contribution in [0.5, 0.6) is 5.75 Å². The van der Waals surface area contributed by atoms with Crippen molar-refractivity contribution in [2.45, 2.75) is 23.5 Å². The fourth-order valence-electron chi connectivity index (χ4n) is 2.44. The number of aliphatic hydroxyl groups is 1. The third kappa shape index (κ3) is 2.53. The molecule has 2 atom stereocenters. The zero-order chi connectivity index (χ0) is 14.1. The minimum absolute atomic E-state index is 0.241. The normalized spacial score (nSPS) is 21.1. The van der Waals surface area contributed by atoms with Gasteiger partial charge >= 0.3 is 0 Å². The number of benzene rings is 2. The number of halogens is 1. The predicted molar refractivity (Wildman–Crippen MR) is 77.6 cm³/mol. The Bertz CT molecular complexity index is 612. The molecule has 0 aliphatic carbocycles. The van der Waals surface area contributed by atoms with Crippen LogP contribution in [0.3, 0.4) is 0 Å². The molecule has 0 fully saturated rings. The first-order valence-corrected chi connectivity index (χ1v) is 7.68. The third-order valence-electron chi connectivity index (χ3n) is 3.53. The molecule has 0 saturated carbocycles.